The Balaban J connectivity index is 2.12. The van der Waals surface area contributed by atoms with Crippen molar-refractivity contribution in [1.29, 1.82) is 0 Å². The van der Waals surface area contributed by atoms with Crippen molar-refractivity contribution < 1.29 is 4.79 Å². The number of hydrogen-bond acceptors (Lipinski definition) is 5. The smallest absolute Gasteiger partial charge is 0.271 e. The first-order valence-electron chi connectivity index (χ1n) is 6.39. The second kappa shape index (κ2) is 6.41. The topological polar surface area (TPSA) is 64.0 Å². The minimum absolute atomic E-state index is 0.0379. The number of nitrogens with one attached hydrogen (secondary N) is 1. The molecule has 7 heteroatoms. The molecule has 2 aromatic rings. The Hall–Kier alpha value is -1.34. The van der Waals surface area contributed by atoms with Crippen LogP contribution in [-0.2, 0) is 11.8 Å². The van der Waals surface area contributed by atoms with E-state index in [2.05, 4.69) is 10.3 Å². The van der Waals surface area contributed by atoms with E-state index in [4.69, 9.17) is 0 Å². The maximum atomic E-state index is 12.1. The number of thioether (sulfide) groups is 1. The fourth-order valence-electron chi connectivity index (χ4n) is 1.65. The molecule has 0 bridgehead atoms. The maximum Gasteiger partial charge on any atom is 0.271 e. The molecule has 2 rings (SSSR count). The average Bonchev–Trinajstić information content (AvgIpc) is 2.89. The molecule has 1 N–H and O–H groups in total. The van der Waals surface area contributed by atoms with Gasteiger partial charge < -0.3 is 5.32 Å². The van der Waals surface area contributed by atoms with E-state index in [0.717, 1.165) is 6.42 Å². The maximum absolute atomic E-state index is 12.1. The minimum Gasteiger partial charge on any atom is -0.353 e. The summed E-state index contributed by atoms with van der Waals surface area (Å²) in [5.41, 5.74) is 0.637. The van der Waals surface area contributed by atoms with Crippen molar-refractivity contribution in [3.63, 3.8) is 0 Å². The summed E-state index contributed by atoms with van der Waals surface area (Å²) in [6, 6.07) is 1.99. The summed E-state index contributed by atoms with van der Waals surface area (Å²) in [5, 5.41) is 5.31. The Morgan fingerprint density at radius 1 is 1.60 bits per heavy atom. The molecule has 0 aliphatic heterocycles. The van der Waals surface area contributed by atoms with Gasteiger partial charge in [0, 0.05) is 13.1 Å². The van der Waals surface area contributed by atoms with Crippen LogP contribution in [0.15, 0.2) is 21.4 Å². The summed E-state index contributed by atoms with van der Waals surface area (Å²) in [6.45, 7) is 3.99. The predicted molar refractivity (Wildman–Crippen MR) is 83.5 cm³/mol. The van der Waals surface area contributed by atoms with Crippen molar-refractivity contribution in [2.24, 2.45) is 7.05 Å². The number of hydrogen-bond donors (Lipinski definition) is 1. The first kappa shape index (κ1) is 15.1. The second-order valence-electron chi connectivity index (χ2n) is 4.56. The lowest BCUT2D eigenvalue weighted by molar-refractivity contribution is -0.119. The predicted octanol–water partition coefficient (Wildman–Crippen LogP) is 2.00. The number of rotatable bonds is 5. The Morgan fingerprint density at radius 3 is 3.05 bits per heavy atom. The molecular weight excluding hydrogens is 294 g/mol. The zero-order chi connectivity index (χ0) is 14.7. The zero-order valence-electron chi connectivity index (χ0n) is 11.7. The van der Waals surface area contributed by atoms with Gasteiger partial charge in [-0.2, -0.15) is 0 Å². The van der Waals surface area contributed by atoms with Gasteiger partial charge in [0.05, 0.1) is 11.3 Å². The van der Waals surface area contributed by atoms with Crippen LogP contribution in [0.2, 0.25) is 0 Å². The molecule has 0 saturated carbocycles. The second-order valence-corrected chi connectivity index (χ2v) is 6.42. The molecule has 2 heterocycles. The highest BCUT2D eigenvalue weighted by Crippen LogP contribution is 2.19. The van der Waals surface area contributed by atoms with Gasteiger partial charge in [-0.1, -0.05) is 18.7 Å². The first-order chi connectivity index (χ1) is 9.52. The molecule has 5 nitrogen and oxygen atoms in total. The van der Waals surface area contributed by atoms with Gasteiger partial charge in [-0.15, -0.1) is 11.3 Å². The van der Waals surface area contributed by atoms with Crippen LogP contribution in [0.25, 0.3) is 10.2 Å². The van der Waals surface area contributed by atoms with Crippen molar-refractivity contribution in [3.05, 3.63) is 21.8 Å². The van der Waals surface area contributed by atoms with Gasteiger partial charge in [0.1, 0.15) is 4.70 Å². The summed E-state index contributed by atoms with van der Waals surface area (Å²) < 4.78 is 2.15. The molecule has 0 aliphatic rings. The van der Waals surface area contributed by atoms with E-state index in [0.29, 0.717) is 15.4 Å². The molecule has 0 spiro atoms. The van der Waals surface area contributed by atoms with Crippen LogP contribution in [-0.4, -0.2) is 27.3 Å². The minimum atomic E-state index is -0.0603. The van der Waals surface area contributed by atoms with Crippen molar-refractivity contribution in [1.82, 2.24) is 14.9 Å². The number of thiophene rings is 1. The highest BCUT2D eigenvalue weighted by Gasteiger charge is 2.12. The Morgan fingerprint density at radius 2 is 2.35 bits per heavy atom. The Labute approximate surface area is 125 Å². The molecule has 0 aliphatic carbocycles. The SMILES string of the molecule is CCC(C)NC(=O)CSc1nc2ccsc2c(=O)n1C. The lowest BCUT2D eigenvalue weighted by atomic mass is 10.3. The van der Waals surface area contributed by atoms with Crippen LogP contribution in [0.1, 0.15) is 20.3 Å². The van der Waals surface area contributed by atoms with E-state index in [1.165, 1.54) is 27.7 Å². The van der Waals surface area contributed by atoms with Crippen LogP contribution < -0.4 is 10.9 Å². The molecule has 0 radical (unpaired) electrons. The van der Waals surface area contributed by atoms with Gasteiger partial charge in [0.25, 0.3) is 5.56 Å². The average molecular weight is 311 g/mol. The molecule has 1 amide bonds. The quantitative estimate of drug-likeness (QED) is 0.677. The molecule has 20 heavy (non-hydrogen) atoms. The lowest BCUT2D eigenvalue weighted by Gasteiger charge is -2.11. The van der Waals surface area contributed by atoms with Gasteiger partial charge in [-0.25, -0.2) is 4.98 Å². The first-order valence-corrected chi connectivity index (χ1v) is 8.25. The third kappa shape index (κ3) is 3.21. The molecule has 0 saturated heterocycles. The number of carbonyl (C=O) groups is 1. The summed E-state index contributed by atoms with van der Waals surface area (Å²) in [4.78, 5) is 28.3. The largest absolute Gasteiger partial charge is 0.353 e. The van der Waals surface area contributed by atoms with E-state index in [1.807, 2.05) is 25.3 Å². The molecule has 1 unspecified atom stereocenters. The van der Waals surface area contributed by atoms with Crippen LogP contribution in [0, 0.1) is 0 Å². The van der Waals surface area contributed by atoms with Gasteiger partial charge >= 0.3 is 0 Å². The highest BCUT2D eigenvalue weighted by atomic mass is 32.2. The summed E-state index contributed by atoms with van der Waals surface area (Å²) in [6.07, 6.45) is 0.897. The van der Waals surface area contributed by atoms with Crippen LogP contribution >= 0.6 is 23.1 Å². The van der Waals surface area contributed by atoms with Gasteiger partial charge in [-0.3, -0.25) is 14.2 Å². The molecule has 0 aromatic carbocycles. The van der Waals surface area contributed by atoms with Gasteiger partial charge in [0.2, 0.25) is 5.91 Å². The third-order valence-corrected chi connectivity index (χ3v) is 4.92. The van der Waals surface area contributed by atoms with E-state index >= 15 is 0 Å². The number of fused-ring (bicyclic) bond motifs is 1. The number of amides is 1. The fraction of sp³-hybridized carbons (Fsp3) is 0.462. The summed E-state index contributed by atoms with van der Waals surface area (Å²) >= 11 is 2.67. The van der Waals surface area contributed by atoms with E-state index in [1.54, 1.807) is 7.05 Å². The standard InChI is InChI=1S/C13H17N3O2S2/c1-4-8(2)14-10(17)7-20-13-15-9-5-6-19-11(9)12(18)16(13)3/h5-6,8H,4,7H2,1-3H3,(H,14,17). The molecule has 0 fully saturated rings. The van der Waals surface area contributed by atoms with E-state index in [-0.39, 0.29) is 23.3 Å². The van der Waals surface area contributed by atoms with E-state index in [9.17, 15) is 9.59 Å². The third-order valence-electron chi connectivity index (χ3n) is 3.00. The molecular formula is C13H17N3O2S2. The number of nitrogens with zero attached hydrogens (tertiary/aromatic N) is 2. The summed E-state index contributed by atoms with van der Waals surface area (Å²) in [5.74, 6) is 0.226. The van der Waals surface area contributed by atoms with Crippen molar-refractivity contribution in [2.45, 2.75) is 31.5 Å². The van der Waals surface area contributed by atoms with Crippen LogP contribution in [0.4, 0.5) is 0 Å². The fourth-order valence-corrected chi connectivity index (χ4v) is 3.23. The van der Waals surface area contributed by atoms with Gasteiger partial charge in [0.15, 0.2) is 5.16 Å². The van der Waals surface area contributed by atoms with Crippen molar-refractivity contribution in [2.75, 3.05) is 5.75 Å². The monoisotopic (exact) mass is 311 g/mol. The number of aromatic nitrogens is 2. The van der Waals surface area contributed by atoms with E-state index < -0.39 is 0 Å². The normalized spacial score (nSPS) is 12.6. The number of carbonyl (C=O) groups excluding carboxylic acids is 1. The lowest BCUT2D eigenvalue weighted by Crippen LogP contribution is -2.33. The Bertz CT molecular complexity index is 678. The molecule has 1 atom stereocenters. The van der Waals surface area contributed by atoms with Crippen molar-refractivity contribution >= 4 is 39.2 Å². The summed E-state index contributed by atoms with van der Waals surface area (Å²) in [7, 11) is 1.68. The van der Waals surface area contributed by atoms with Crippen molar-refractivity contribution in [3.8, 4) is 0 Å². The molecule has 2 aromatic heterocycles. The Kier molecular flexibility index (Phi) is 4.82. The zero-order valence-corrected chi connectivity index (χ0v) is 13.3. The van der Waals surface area contributed by atoms with Crippen LogP contribution in [0.5, 0.6) is 0 Å². The van der Waals surface area contributed by atoms with Gasteiger partial charge in [-0.05, 0) is 24.8 Å². The van der Waals surface area contributed by atoms with Crippen LogP contribution in [0.3, 0.4) is 0 Å². The molecule has 108 valence electrons. The highest BCUT2D eigenvalue weighted by molar-refractivity contribution is 7.99.